The molecule has 1 saturated heterocycles. The van der Waals surface area contributed by atoms with Gasteiger partial charge in [0.15, 0.2) is 0 Å². The van der Waals surface area contributed by atoms with E-state index in [0.29, 0.717) is 6.04 Å². The minimum atomic E-state index is 0.294. The van der Waals surface area contributed by atoms with E-state index in [-0.39, 0.29) is 0 Å². The van der Waals surface area contributed by atoms with Gasteiger partial charge in [-0.2, -0.15) is 5.26 Å². The lowest BCUT2D eigenvalue weighted by molar-refractivity contribution is 0.527. The van der Waals surface area contributed by atoms with Crippen molar-refractivity contribution in [3.8, 4) is 6.07 Å². The predicted octanol–water partition coefficient (Wildman–Crippen LogP) is 0.357. The molecule has 0 radical (unpaired) electrons. The number of nitrogens with zero attached hydrogens (tertiary/aromatic N) is 2. The summed E-state index contributed by atoms with van der Waals surface area (Å²) in [6.45, 7) is 1.04. The van der Waals surface area contributed by atoms with Crippen LogP contribution < -0.4 is 0 Å². The molecule has 1 heterocycles. The van der Waals surface area contributed by atoms with Crippen LogP contribution in [0.1, 0.15) is 12.8 Å². The molecule has 0 bridgehead atoms. The number of nitriles is 1. The number of rotatable bonds is 1. The molecule has 2 atom stereocenters. The first-order chi connectivity index (χ1) is 3.92. The highest BCUT2D eigenvalue weighted by molar-refractivity contribution is 5.10. The highest BCUT2D eigenvalue weighted by atomic mass is 15.3. The van der Waals surface area contributed by atoms with Crippen molar-refractivity contribution in [3.63, 3.8) is 0 Å². The maximum absolute atomic E-state index is 8.36. The Morgan fingerprint density at radius 1 is 1.50 bits per heavy atom. The zero-order chi connectivity index (χ0) is 5.56. The third-order valence-electron chi connectivity index (χ3n) is 1.82. The van der Waals surface area contributed by atoms with E-state index in [2.05, 4.69) is 11.0 Å². The molecule has 0 N–H and O–H groups in total. The maximum atomic E-state index is 8.36. The van der Waals surface area contributed by atoms with Crippen molar-refractivity contribution in [2.24, 2.45) is 0 Å². The summed E-state index contributed by atoms with van der Waals surface area (Å²) < 4.78 is 0. The lowest BCUT2D eigenvalue weighted by Crippen LogP contribution is -2.01. The summed E-state index contributed by atoms with van der Waals surface area (Å²) in [7, 11) is 0. The van der Waals surface area contributed by atoms with Gasteiger partial charge in [0.25, 0.3) is 0 Å². The summed E-state index contributed by atoms with van der Waals surface area (Å²) in [5, 5.41) is 8.36. The van der Waals surface area contributed by atoms with Crippen LogP contribution in [-0.2, 0) is 0 Å². The quantitative estimate of drug-likeness (QED) is 0.453. The van der Waals surface area contributed by atoms with Crippen LogP contribution in [0.2, 0.25) is 0 Å². The zero-order valence-corrected chi connectivity index (χ0v) is 4.67. The van der Waals surface area contributed by atoms with Crippen molar-refractivity contribution >= 4 is 0 Å². The van der Waals surface area contributed by atoms with Gasteiger partial charge in [-0.3, -0.25) is 4.90 Å². The molecule has 2 rings (SSSR count). The summed E-state index contributed by atoms with van der Waals surface area (Å²) in [4.78, 5) is 2.26. The summed E-state index contributed by atoms with van der Waals surface area (Å²) in [5.74, 6) is 0. The van der Waals surface area contributed by atoms with Crippen LogP contribution in [0, 0.1) is 11.3 Å². The highest BCUT2D eigenvalue weighted by Crippen LogP contribution is 2.35. The maximum Gasteiger partial charge on any atom is 0.111 e. The average molecular weight is 108 g/mol. The topological polar surface area (TPSA) is 26.8 Å². The van der Waals surface area contributed by atoms with E-state index in [1.807, 2.05) is 0 Å². The SMILES string of the molecule is N#CC1CN1C1CC1. The summed E-state index contributed by atoms with van der Waals surface area (Å²) in [5.41, 5.74) is 0. The van der Waals surface area contributed by atoms with E-state index in [1.54, 1.807) is 0 Å². The van der Waals surface area contributed by atoms with Gasteiger partial charge in [-0.25, -0.2) is 0 Å². The van der Waals surface area contributed by atoms with Gasteiger partial charge in [0.1, 0.15) is 6.04 Å². The second-order valence-electron chi connectivity index (χ2n) is 2.57. The second kappa shape index (κ2) is 1.24. The Morgan fingerprint density at radius 3 is 2.62 bits per heavy atom. The molecule has 42 valence electrons. The van der Waals surface area contributed by atoms with Gasteiger partial charge in [-0.1, -0.05) is 0 Å². The molecule has 2 fully saturated rings. The predicted molar refractivity (Wildman–Crippen MR) is 29.1 cm³/mol. The normalized spacial score (nSPS) is 43.4. The molecule has 2 aliphatic rings. The Balaban J connectivity index is 1.89. The molecule has 0 aromatic carbocycles. The molecule has 1 aliphatic carbocycles. The third kappa shape index (κ3) is 0.517. The summed E-state index contributed by atoms with van der Waals surface area (Å²) in [6.07, 6.45) is 2.66. The van der Waals surface area contributed by atoms with Crippen LogP contribution in [0.25, 0.3) is 0 Å². The van der Waals surface area contributed by atoms with Crippen molar-refractivity contribution in [2.45, 2.75) is 24.9 Å². The molecule has 2 unspecified atom stereocenters. The van der Waals surface area contributed by atoms with Crippen molar-refractivity contribution in [1.29, 1.82) is 5.26 Å². The molecule has 8 heavy (non-hydrogen) atoms. The summed E-state index contributed by atoms with van der Waals surface area (Å²) >= 11 is 0. The fraction of sp³-hybridized carbons (Fsp3) is 0.833. The molecule has 0 spiro atoms. The van der Waals surface area contributed by atoms with Gasteiger partial charge in [-0.15, -0.1) is 0 Å². The average Bonchev–Trinajstić information content (AvgIpc) is 2.62. The molecule has 0 aromatic rings. The first kappa shape index (κ1) is 4.34. The number of hydrogen-bond acceptors (Lipinski definition) is 2. The first-order valence-electron chi connectivity index (χ1n) is 3.07. The van der Waals surface area contributed by atoms with Gasteiger partial charge in [-0.05, 0) is 12.8 Å². The van der Waals surface area contributed by atoms with Crippen LogP contribution in [0.5, 0.6) is 0 Å². The molecule has 0 amide bonds. The fourth-order valence-electron chi connectivity index (χ4n) is 1.08. The van der Waals surface area contributed by atoms with Gasteiger partial charge < -0.3 is 0 Å². The minimum Gasteiger partial charge on any atom is -0.281 e. The lowest BCUT2D eigenvalue weighted by Gasteiger charge is -1.89. The van der Waals surface area contributed by atoms with E-state index in [0.717, 1.165) is 12.6 Å². The van der Waals surface area contributed by atoms with E-state index >= 15 is 0 Å². The Morgan fingerprint density at radius 2 is 2.25 bits per heavy atom. The Labute approximate surface area is 48.7 Å². The largest absolute Gasteiger partial charge is 0.281 e. The van der Waals surface area contributed by atoms with Crippen LogP contribution in [-0.4, -0.2) is 23.5 Å². The van der Waals surface area contributed by atoms with Gasteiger partial charge in [0, 0.05) is 12.6 Å². The fourth-order valence-corrected chi connectivity index (χ4v) is 1.08. The standard InChI is InChI=1S/C6H8N2/c7-3-6-4-8(6)5-1-2-5/h5-6H,1-2,4H2. The summed E-state index contributed by atoms with van der Waals surface area (Å²) in [6, 6.07) is 3.34. The van der Waals surface area contributed by atoms with E-state index < -0.39 is 0 Å². The number of hydrogen-bond donors (Lipinski definition) is 0. The van der Waals surface area contributed by atoms with Crippen molar-refractivity contribution in [1.82, 2.24) is 4.90 Å². The minimum absolute atomic E-state index is 0.294. The van der Waals surface area contributed by atoms with E-state index in [4.69, 9.17) is 5.26 Å². The molecule has 1 saturated carbocycles. The Hall–Kier alpha value is -0.550. The van der Waals surface area contributed by atoms with Crippen LogP contribution in [0.3, 0.4) is 0 Å². The molecule has 1 aliphatic heterocycles. The van der Waals surface area contributed by atoms with Crippen LogP contribution >= 0.6 is 0 Å². The lowest BCUT2D eigenvalue weighted by atomic mass is 10.5. The van der Waals surface area contributed by atoms with Crippen molar-refractivity contribution < 1.29 is 0 Å². The van der Waals surface area contributed by atoms with Crippen molar-refractivity contribution in [2.75, 3.05) is 6.54 Å². The van der Waals surface area contributed by atoms with E-state index in [1.165, 1.54) is 12.8 Å². The molecule has 2 nitrogen and oxygen atoms in total. The van der Waals surface area contributed by atoms with Crippen LogP contribution in [0.4, 0.5) is 0 Å². The molecular weight excluding hydrogens is 100 g/mol. The monoisotopic (exact) mass is 108 g/mol. The Bertz CT molecular complexity index is 143. The smallest absolute Gasteiger partial charge is 0.111 e. The third-order valence-corrected chi connectivity index (χ3v) is 1.82. The van der Waals surface area contributed by atoms with Gasteiger partial charge >= 0.3 is 0 Å². The Kier molecular flexibility index (Phi) is 0.671. The zero-order valence-electron chi connectivity index (χ0n) is 4.67. The molecular formula is C6H8N2. The molecule has 0 aromatic heterocycles. The van der Waals surface area contributed by atoms with Crippen LogP contribution in [0.15, 0.2) is 0 Å². The van der Waals surface area contributed by atoms with Gasteiger partial charge in [0.2, 0.25) is 0 Å². The highest BCUT2D eigenvalue weighted by Gasteiger charge is 2.44. The second-order valence-corrected chi connectivity index (χ2v) is 2.57. The first-order valence-corrected chi connectivity index (χ1v) is 3.07. The van der Waals surface area contributed by atoms with E-state index in [9.17, 15) is 0 Å². The van der Waals surface area contributed by atoms with Crippen molar-refractivity contribution in [3.05, 3.63) is 0 Å². The van der Waals surface area contributed by atoms with Gasteiger partial charge in [0.05, 0.1) is 6.07 Å². The molecule has 2 heteroatoms.